The Morgan fingerprint density at radius 2 is 1.75 bits per heavy atom. The number of hydrogen-bond donors (Lipinski definition) is 2. The molecule has 7 heteroatoms. The van der Waals surface area contributed by atoms with Crippen molar-refractivity contribution < 1.29 is 14.3 Å². The summed E-state index contributed by atoms with van der Waals surface area (Å²) in [6.07, 6.45) is 1.66. The van der Waals surface area contributed by atoms with Gasteiger partial charge in [-0.05, 0) is 56.3 Å². The average molecular weight is 378 g/mol. The number of nitrogens with zero attached hydrogens (tertiary/aromatic N) is 2. The van der Waals surface area contributed by atoms with Gasteiger partial charge in [0.2, 0.25) is 5.95 Å². The van der Waals surface area contributed by atoms with Crippen molar-refractivity contribution in [2.45, 2.75) is 13.8 Å². The lowest BCUT2D eigenvalue weighted by atomic mass is 10.2. The van der Waals surface area contributed by atoms with E-state index in [1.54, 1.807) is 43.5 Å². The molecule has 0 radical (unpaired) electrons. The molecule has 0 bridgehead atoms. The van der Waals surface area contributed by atoms with Crippen molar-refractivity contribution in [3.8, 4) is 5.75 Å². The van der Waals surface area contributed by atoms with Crippen molar-refractivity contribution in [1.29, 1.82) is 0 Å². The first kappa shape index (κ1) is 19.2. The Morgan fingerprint density at radius 3 is 2.50 bits per heavy atom. The molecule has 2 N–H and O–H groups in total. The normalized spacial score (nSPS) is 10.2. The van der Waals surface area contributed by atoms with Gasteiger partial charge in [-0.1, -0.05) is 12.1 Å². The van der Waals surface area contributed by atoms with Gasteiger partial charge >= 0.3 is 5.97 Å². The number of aromatic nitrogens is 2. The third kappa shape index (κ3) is 4.97. The van der Waals surface area contributed by atoms with E-state index in [0.717, 1.165) is 17.1 Å². The molecule has 0 unspecified atom stereocenters. The predicted molar refractivity (Wildman–Crippen MR) is 109 cm³/mol. The van der Waals surface area contributed by atoms with Crippen LogP contribution < -0.4 is 15.4 Å². The van der Waals surface area contributed by atoms with E-state index in [4.69, 9.17) is 9.47 Å². The minimum absolute atomic E-state index is 0.343. The molecule has 2 aromatic carbocycles. The zero-order chi connectivity index (χ0) is 19.8. The van der Waals surface area contributed by atoms with Crippen LogP contribution in [0.15, 0.2) is 60.8 Å². The van der Waals surface area contributed by atoms with E-state index in [0.29, 0.717) is 30.5 Å². The third-order valence-corrected chi connectivity index (χ3v) is 3.76. The van der Waals surface area contributed by atoms with Gasteiger partial charge in [0.15, 0.2) is 0 Å². The van der Waals surface area contributed by atoms with Gasteiger partial charge in [-0.15, -0.1) is 0 Å². The Morgan fingerprint density at radius 1 is 0.964 bits per heavy atom. The molecule has 0 saturated heterocycles. The van der Waals surface area contributed by atoms with E-state index in [1.165, 1.54) is 0 Å². The van der Waals surface area contributed by atoms with Crippen LogP contribution in [0.3, 0.4) is 0 Å². The topological polar surface area (TPSA) is 85.4 Å². The second kappa shape index (κ2) is 9.36. The molecule has 0 saturated carbocycles. The molecular formula is C21H22N4O3. The standard InChI is InChI=1S/C21H22N4O3/c1-3-27-18-8-6-5-7-17(18)24-19-13-14-22-21(25-19)23-16-11-9-15(10-12-16)20(26)28-4-2/h5-14H,3-4H2,1-2H3,(H2,22,23,24,25). The molecule has 0 amide bonds. The van der Waals surface area contributed by atoms with E-state index in [-0.39, 0.29) is 5.97 Å². The van der Waals surface area contributed by atoms with E-state index < -0.39 is 0 Å². The highest BCUT2D eigenvalue weighted by Gasteiger charge is 2.07. The molecule has 0 spiro atoms. The van der Waals surface area contributed by atoms with Gasteiger partial charge in [0.1, 0.15) is 11.6 Å². The summed E-state index contributed by atoms with van der Waals surface area (Å²) in [7, 11) is 0. The maximum atomic E-state index is 11.7. The number of carbonyl (C=O) groups is 1. The first-order valence-electron chi connectivity index (χ1n) is 9.05. The summed E-state index contributed by atoms with van der Waals surface area (Å²) in [6, 6.07) is 16.4. The van der Waals surface area contributed by atoms with Crippen molar-refractivity contribution in [1.82, 2.24) is 9.97 Å². The molecule has 28 heavy (non-hydrogen) atoms. The Labute approximate surface area is 163 Å². The van der Waals surface area contributed by atoms with E-state index in [2.05, 4.69) is 20.6 Å². The number of hydrogen-bond acceptors (Lipinski definition) is 7. The smallest absolute Gasteiger partial charge is 0.338 e. The number of nitrogens with one attached hydrogen (secondary N) is 2. The van der Waals surface area contributed by atoms with Gasteiger partial charge < -0.3 is 20.1 Å². The van der Waals surface area contributed by atoms with Gasteiger partial charge in [0, 0.05) is 11.9 Å². The molecule has 3 aromatic rings. The molecule has 1 heterocycles. The van der Waals surface area contributed by atoms with Crippen LogP contribution in [0.2, 0.25) is 0 Å². The quantitative estimate of drug-likeness (QED) is 0.557. The van der Waals surface area contributed by atoms with Gasteiger partial charge in [-0.25, -0.2) is 9.78 Å². The van der Waals surface area contributed by atoms with Gasteiger partial charge in [0.25, 0.3) is 0 Å². The fraction of sp³-hybridized carbons (Fsp3) is 0.190. The average Bonchev–Trinajstić information content (AvgIpc) is 2.71. The first-order valence-corrected chi connectivity index (χ1v) is 9.05. The molecular weight excluding hydrogens is 356 g/mol. The third-order valence-electron chi connectivity index (χ3n) is 3.76. The summed E-state index contributed by atoms with van der Waals surface area (Å²) in [6.45, 7) is 4.64. The van der Waals surface area contributed by atoms with Crippen LogP contribution >= 0.6 is 0 Å². The molecule has 0 aliphatic heterocycles. The van der Waals surface area contributed by atoms with Gasteiger partial charge in [-0.3, -0.25) is 0 Å². The van der Waals surface area contributed by atoms with Crippen LogP contribution in [-0.4, -0.2) is 29.2 Å². The second-order valence-corrected chi connectivity index (χ2v) is 5.74. The molecule has 0 atom stereocenters. The Bertz CT molecular complexity index is 929. The summed E-state index contributed by atoms with van der Waals surface area (Å²) in [4.78, 5) is 20.4. The summed E-state index contributed by atoms with van der Waals surface area (Å²) in [5.74, 6) is 1.48. The van der Waals surface area contributed by atoms with Gasteiger partial charge in [-0.2, -0.15) is 4.98 Å². The number of para-hydroxylation sites is 2. The summed E-state index contributed by atoms with van der Waals surface area (Å²) in [5.41, 5.74) is 2.09. The number of benzene rings is 2. The second-order valence-electron chi connectivity index (χ2n) is 5.74. The van der Waals surface area contributed by atoms with Crippen LogP contribution in [0.5, 0.6) is 5.75 Å². The lowest BCUT2D eigenvalue weighted by Gasteiger charge is -2.12. The summed E-state index contributed by atoms with van der Waals surface area (Å²) >= 11 is 0. The highest BCUT2D eigenvalue weighted by atomic mass is 16.5. The van der Waals surface area contributed by atoms with Crippen LogP contribution in [0, 0.1) is 0 Å². The lowest BCUT2D eigenvalue weighted by Crippen LogP contribution is -2.05. The van der Waals surface area contributed by atoms with Crippen molar-refractivity contribution in [3.63, 3.8) is 0 Å². The highest BCUT2D eigenvalue weighted by molar-refractivity contribution is 5.89. The Kier molecular flexibility index (Phi) is 6.41. The SMILES string of the molecule is CCOC(=O)c1ccc(Nc2nccc(Nc3ccccc3OCC)n2)cc1. The number of carbonyl (C=O) groups excluding carboxylic acids is 1. The monoisotopic (exact) mass is 378 g/mol. The number of ether oxygens (including phenoxy) is 2. The van der Waals surface area contributed by atoms with Crippen LogP contribution in [0.4, 0.5) is 23.1 Å². The van der Waals surface area contributed by atoms with Crippen molar-refractivity contribution >= 4 is 29.1 Å². The van der Waals surface area contributed by atoms with Crippen molar-refractivity contribution in [3.05, 3.63) is 66.4 Å². The maximum Gasteiger partial charge on any atom is 0.338 e. The molecule has 3 rings (SSSR count). The number of esters is 1. The fourth-order valence-corrected chi connectivity index (χ4v) is 2.51. The number of rotatable bonds is 8. The Balaban J connectivity index is 1.71. The minimum Gasteiger partial charge on any atom is -0.492 e. The molecule has 0 aliphatic rings. The van der Waals surface area contributed by atoms with Gasteiger partial charge in [0.05, 0.1) is 24.5 Å². The Hall–Kier alpha value is -3.61. The molecule has 1 aromatic heterocycles. The molecule has 0 fully saturated rings. The fourth-order valence-electron chi connectivity index (χ4n) is 2.51. The van der Waals surface area contributed by atoms with E-state index >= 15 is 0 Å². The molecule has 7 nitrogen and oxygen atoms in total. The van der Waals surface area contributed by atoms with Crippen LogP contribution in [0.1, 0.15) is 24.2 Å². The van der Waals surface area contributed by atoms with Crippen molar-refractivity contribution in [2.75, 3.05) is 23.8 Å². The lowest BCUT2D eigenvalue weighted by molar-refractivity contribution is 0.0526. The zero-order valence-electron chi connectivity index (χ0n) is 15.8. The first-order chi connectivity index (χ1) is 13.7. The van der Waals surface area contributed by atoms with Crippen LogP contribution in [-0.2, 0) is 4.74 Å². The zero-order valence-corrected chi connectivity index (χ0v) is 15.8. The predicted octanol–water partition coefficient (Wildman–Crippen LogP) is 4.54. The van der Waals surface area contributed by atoms with E-state index in [9.17, 15) is 4.79 Å². The van der Waals surface area contributed by atoms with E-state index in [1.807, 2.05) is 31.2 Å². The minimum atomic E-state index is -0.343. The maximum absolute atomic E-state index is 11.7. The summed E-state index contributed by atoms with van der Waals surface area (Å²) in [5, 5.41) is 6.37. The van der Waals surface area contributed by atoms with Crippen LogP contribution in [0.25, 0.3) is 0 Å². The molecule has 144 valence electrons. The largest absolute Gasteiger partial charge is 0.492 e. The van der Waals surface area contributed by atoms with Crippen molar-refractivity contribution in [2.24, 2.45) is 0 Å². The molecule has 0 aliphatic carbocycles. The summed E-state index contributed by atoms with van der Waals surface area (Å²) < 4.78 is 10.6. The highest BCUT2D eigenvalue weighted by Crippen LogP contribution is 2.27. The number of anilines is 4.